The average molecular weight is 310 g/mol. The van der Waals surface area contributed by atoms with E-state index in [1.165, 1.54) is 0 Å². The summed E-state index contributed by atoms with van der Waals surface area (Å²) in [6, 6.07) is 13.2. The summed E-state index contributed by atoms with van der Waals surface area (Å²) in [5.74, 6) is 0.680. The Morgan fingerprint density at radius 3 is 2.74 bits per heavy atom. The minimum absolute atomic E-state index is 0.104. The van der Waals surface area contributed by atoms with Crippen LogP contribution in [0.25, 0.3) is 0 Å². The standard InChI is InChI=1S/C18H18N2O3/c1-23-12-7-5-11(6-8-12)17-19-18(22)14-4-2-3-13-15(21)9-10-20(17)16(13)14/h2-8,15,17,21H,9-10H2,1H3,(H,19,22). The van der Waals surface area contributed by atoms with E-state index in [4.69, 9.17) is 4.74 Å². The average Bonchev–Trinajstić information content (AvgIpc) is 2.60. The second kappa shape index (κ2) is 5.28. The van der Waals surface area contributed by atoms with E-state index >= 15 is 0 Å². The summed E-state index contributed by atoms with van der Waals surface area (Å²) in [5.41, 5.74) is 3.32. The molecule has 2 aromatic rings. The van der Waals surface area contributed by atoms with Gasteiger partial charge in [-0.15, -0.1) is 0 Å². The van der Waals surface area contributed by atoms with E-state index in [2.05, 4.69) is 10.2 Å². The van der Waals surface area contributed by atoms with E-state index in [0.29, 0.717) is 18.5 Å². The molecule has 2 unspecified atom stereocenters. The lowest BCUT2D eigenvalue weighted by Crippen LogP contribution is -2.49. The Hall–Kier alpha value is -2.53. The molecule has 5 nitrogen and oxygen atoms in total. The largest absolute Gasteiger partial charge is 0.497 e. The number of aliphatic hydroxyl groups is 1. The van der Waals surface area contributed by atoms with E-state index < -0.39 is 6.10 Å². The van der Waals surface area contributed by atoms with Gasteiger partial charge in [-0.05, 0) is 30.2 Å². The van der Waals surface area contributed by atoms with Crippen LogP contribution >= 0.6 is 0 Å². The van der Waals surface area contributed by atoms with Crippen molar-refractivity contribution in [3.63, 3.8) is 0 Å². The molecule has 2 atom stereocenters. The second-order valence-electron chi connectivity index (χ2n) is 5.89. The van der Waals surface area contributed by atoms with Gasteiger partial charge in [0.2, 0.25) is 0 Å². The first-order valence-corrected chi connectivity index (χ1v) is 7.71. The summed E-state index contributed by atoms with van der Waals surface area (Å²) in [7, 11) is 1.63. The van der Waals surface area contributed by atoms with Gasteiger partial charge in [-0.3, -0.25) is 4.79 Å². The SMILES string of the molecule is COc1ccc(C2NC(=O)c3cccc4c3N2CCC4O)cc1. The zero-order valence-electron chi connectivity index (χ0n) is 12.8. The van der Waals surface area contributed by atoms with Gasteiger partial charge in [-0.25, -0.2) is 0 Å². The van der Waals surface area contributed by atoms with Crippen LogP contribution in [-0.4, -0.2) is 24.7 Å². The van der Waals surface area contributed by atoms with Gasteiger partial charge in [0.1, 0.15) is 11.9 Å². The molecule has 1 amide bonds. The number of rotatable bonds is 2. The highest BCUT2D eigenvalue weighted by Gasteiger charge is 2.37. The number of hydrogen-bond donors (Lipinski definition) is 2. The van der Waals surface area contributed by atoms with Crippen molar-refractivity contribution >= 4 is 11.6 Å². The molecule has 0 bridgehead atoms. The number of methoxy groups -OCH3 is 1. The number of para-hydroxylation sites is 1. The minimum Gasteiger partial charge on any atom is -0.497 e. The van der Waals surface area contributed by atoms with Gasteiger partial charge in [0.15, 0.2) is 0 Å². The molecule has 0 radical (unpaired) electrons. The fourth-order valence-electron chi connectivity index (χ4n) is 3.45. The maximum atomic E-state index is 12.5. The van der Waals surface area contributed by atoms with E-state index in [9.17, 15) is 9.90 Å². The number of hydrogen-bond acceptors (Lipinski definition) is 4. The van der Waals surface area contributed by atoms with Crippen LogP contribution in [-0.2, 0) is 0 Å². The van der Waals surface area contributed by atoms with Gasteiger partial charge in [-0.2, -0.15) is 0 Å². The Bertz CT molecular complexity index is 757. The summed E-state index contributed by atoms with van der Waals surface area (Å²) in [5, 5.41) is 13.3. The molecule has 5 heteroatoms. The van der Waals surface area contributed by atoms with Crippen LogP contribution in [0.15, 0.2) is 42.5 Å². The van der Waals surface area contributed by atoms with Crippen LogP contribution in [0.4, 0.5) is 5.69 Å². The maximum absolute atomic E-state index is 12.5. The molecule has 2 heterocycles. The lowest BCUT2D eigenvalue weighted by Gasteiger charge is -2.44. The lowest BCUT2D eigenvalue weighted by molar-refractivity contribution is 0.0919. The first kappa shape index (κ1) is 14.1. The first-order valence-electron chi connectivity index (χ1n) is 7.71. The predicted octanol–water partition coefficient (Wildman–Crippen LogP) is 2.38. The van der Waals surface area contributed by atoms with Crippen LogP contribution in [0.2, 0.25) is 0 Å². The van der Waals surface area contributed by atoms with E-state index in [1.54, 1.807) is 7.11 Å². The Kier molecular flexibility index (Phi) is 3.23. The highest BCUT2D eigenvalue weighted by molar-refractivity contribution is 6.03. The van der Waals surface area contributed by atoms with E-state index in [1.807, 2.05) is 42.5 Å². The van der Waals surface area contributed by atoms with Crippen molar-refractivity contribution in [3.8, 4) is 5.75 Å². The normalized spacial score (nSPS) is 22.3. The van der Waals surface area contributed by atoms with E-state index in [-0.39, 0.29) is 12.1 Å². The van der Waals surface area contributed by atoms with Crippen molar-refractivity contribution in [2.45, 2.75) is 18.7 Å². The number of aliphatic hydroxyl groups excluding tert-OH is 1. The zero-order valence-corrected chi connectivity index (χ0v) is 12.8. The van der Waals surface area contributed by atoms with Crippen LogP contribution in [0.5, 0.6) is 5.75 Å². The monoisotopic (exact) mass is 310 g/mol. The Morgan fingerprint density at radius 1 is 1.22 bits per heavy atom. The van der Waals surface area contributed by atoms with Gasteiger partial charge >= 0.3 is 0 Å². The maximum Gasteiger partial charge on any atom is 0.255 e. The molecular weight excluding hydrogens is 292 g/mol. The number of carbonyl (C=O) groups excluding carboxylic acids is 1. The summed E-state index contributed by atoms with van der Waals surface area (Å²) >= 11 is 0. The minimum atomic E-state index is -0.511. The third-order valence-electron chi connectivity index (χ3n) is 4.61. The first-order chi connectivity index (χ1) is 11.2. The number of nitrogens with zero attached hydrogens (tertiary/aromatic N) is 1. The number of benzene rings is 2. The number of ether oxygens (including phenoxy) is 1. The number of anilines is 1. The zero-order chi connectivity index (χ0) is 16.0. The molecule has 2 aromatic carbocycles. The number of nitrogens with one attached hydrogen (secondary N) is 1. The quantitative estimate of drug-likeness (QED) is 0.894. The smallest absolute Gasteiger partial charge is 0.255 e. The van der Waals surface area contributed by atoms with Crippen molar-refractivity contribution in [2.24, 2.45) is 0 Å². The van der Waals surface area contributed by atoms with Crippen molar-refractivity contribution < 1.29 is 14.6 Å². The molecule has 0 aliphatic carbocycles. The predicted molar refractivity (Wildman–Crippen MR) is 86.6 cm³/mol. The third-order valence-corrected chi connectivity index (χ3v) is 4.61. The van der Waals surface area contributed by atoms with Crippen LogP contribution in [0.3, 0.4) is 0 Å². The van der Waals surface area contributed by atoms with E-state index in [0.717, 1.165) is 22.6 Å². The fraction of sp³-hybridized carbons (Fsp3) is 0.278. The van der Waals surface area contributed by atoms with Gasteiger partial charge in [0.25, 0.3) is 5.91 Å². The molecule has 0 saturated carbocycles. The summed E-state index contributed by atoms with van der Waals surface area (Å²) in [4.78, 5) is 14.7. The number of amides is 1. The van der Waals surface area contributed by atoms with Gasteiger partial charge in [-0.1, -0.05) is 24.3 Å². The van der Waals surface area contributed by atoms with Gasteiger partial charge < -0.3 is 20.1 Å². The number of carbonyl (C=O) groups is 1. The van der Waals surface area contributed by atoms with Crippen LogP contribution in [0, 0.1) is 0 Å². The van der Waals surface area contributed by atoms with Crippen LogP contribution in [0.1, 0.15) is 40.2 Å². The Morgan fingerprint density at radius 2 is 2.00 bits per heavy atom. The molecule has 2 aliphatic heterocycles. The fourth-order valence-corrected chi connectivity index (χ4v) is 3.45. The molecule has 0 fully saturated rings. The molecule has 4 rings (SSSR count). The summed E-state index contributed by atoms with van der Waals surface area (Å²) in [6.45, 7) is 0.697. The molecule has 118 valence electrons. The summed E-state index contributed by atoms with van der Waals surface area (Å²) in [6.07, 6.45) is -0.0860. The highest BCUT2D eigenvalue weighted by Crippen LogP contribution is 2.42. The van der Waals surface area contributed by atoms with Gasteiger partial charge in [0.05, 0.1) is 24.5 Å². The molecule has 0 spiro atoms. The van der Waals surface area contributed by atoms with Gasteiger partial charge in [0, 0.05) is 12.1 Å². The van der Waals surface area contributed by atoms with Crippen molar-refractivity contribution in [1.29, 1.82) is 0 Å². The molecule has 23 heavy (non-hydrogen) atoms. The highest BCUT2D eigenvalue weighted by atomic mass is 16.5. The van der Waals surface area contributed by atoms with Crippen LogP contribution < -0.4 is 15.0 Å². The van der Waals surface area contributed by atoms with Crippen molar-refractivity contribution in [3.05, 3.63) is 59.2 Å². The third kappa shape index (κ3) is 2.16. The Labute approximate surface area is 134 Å². The second-order valence-corrected chi connectivity index (χ2v) is 5.89. The lowest BCUT2D eigenvalue weighted by atomic mass is 9.91. The molecule has 0 saturated heterocycles. The topological polar surface area (TPSA) is 61.8 Å². The molecule has 2 N–H and O–H groups in total. The molecule has 0 aromatic heterocycles. The molecular formula is C18H18N2O3. The Balaban J connectivity index is 1.80. The van der Waals surface area contributed by atoms with Crippen molar-refractivity contribution in [1.82, 2.24) is 5.32 Å². The summed E-state index contributed by atoms with van der Waals surface area (Å²) < 4.78 is 5.20. The van der Waals surface area contributed by atoms with Crippen molar-refractivity contribution in [2.75, 3.05) is 18.6 Å². The molecule has 2 aliphatic rings.